The fraction of sp³-hybridized carbons (Fsp3) is 0.467. The summed E-state index contributed by atoms with van der Waals surface area (Å²) in [5, 5.41) is 12.9. The van der Waals surface area contributed by atoms with Crippen LogP contribution in [0.1, 0.15) is 18.4 Å². The summed E-state index contributed by atoms with van der Waals surface area (Å²) in [5.41, 5.74) is 2.28. The Morgan fingerprint density at radius 2 is 2.00 bits per heavy atom. The Kier molecular flexibility index (Phi) is 3.77. The van der Waals surface area contributed by atoms with E-state index in [-0.39, 0.29) is 0 Å². The van der Waals surface area contributed by atoms with E-state index in [1.165, 1.54) is 0 Å². The highest BCUT2D eigenvalue weighted by Gasteiger charge is 2.17. The SMILES string of the molecule is CCc1nc2nnc(-c3ccnc(N4CCOCC4)n3)c(C)n2n1. The van der Waals surface area contributed by atoms with E-state index in [2.05, 4.69) is 35.1 Å². The molecule has 3 aromatic heterocycles. The molecule has 0 atom stereocenters. The zero-order valence-corrected chi connectivity index (χ0v) is 13.7. The van der Waals surface area contributed by atoms with Crippen LogP contribution in [0.4, 0.5) is 5.95 Å². The lowest BCUT2D eigenvalue weighted by Crippen LogP contribution is -2.37. The molecule has 1 aliphatic rings. The average Bonchev–Trinajstić information content (AvgIpc) is 3.07. The molecule has 4 heterocycles. The van der Waals surface area contributed by atoms with E-state index in [9.17, 15) is 0 Å². The second kappa shape index (κ2) is 6.08. The third-order valence-electron chi connectivity index (χ3n) is 4.03. The smallest absolute Gasteiger partial charge is 0.272 e. The molecular formula is C15H18N8O. The van der Waals surface area contributed by atoms with Gasteiger partial charge in [-0.3, -0.25) is 0 Å². The highest BCUT2D eigenvalue weighted by Crippen LogP contribution is 2.20. The van der Waals surface area contributed by atoms with Crippen molar-refractivity contribution in [2.45, 2.75) is 20.3 Å². The van der Waals surface area contributed by atoms with E-state index in [0.717, 1.165) is 36.7 Å². The van der Waals surface area contributed by atoms with E-state index in [0.29, 0.717) is 30.6 Å². The number of fused-ring (bicyclic) bond motifs is 1. The summed E-state index contributed by atoms with van der Waals surface area (Å²) in [6, 6.07) is 1.84. The van der Waals surface area contributed by atoms with Gasteiger partial charge in [-0.25, -0.2) is 9.97 Å². The Bertz CT molecular complexity index is 871. The van der Waals surface area contributed by atoms with Crippen LogP contribution in [0.25, 0.3) is 17.2 Å². The van der Waals surface area contributed by atoms with Crippen LogP contribution < -0.4 is 4.90 Å². The Balaban J connectivity index is 1.75. The molecule has 0 bridgehead atoms. The molecule has 124 valence electrons. The Hall–Kier alpha value is -2.68. The molecular weight excluding hydrogens is 308 g/mol. The van der Waals surface area contributed by atoms with E-state index in [4.69, 9.17) is 4.74 Å². The maximum atomic E-state index is 5.38. The molecule has 0 amide bonds. The predicted molar refractivity (Wildman–Crippen MR) is 86.8 cm³/mol. The van der Waals surface area contributed by atoms with Crippen molar-refractivity contribution in [3.8, 4) is 11.4 Å². The topological polar surface area (TPSA) is 94.2 Å². The first-order chi connectivity index (χ1) is 11.8. The molecule has 24 heavy (non-hydrogen) atoms. The first-order valence-corrected chi connectivity index (χ1v) is 8.01. The largest absolute Gasteiger partial charge is 0.378 e. The van der Waals surface area contributed by atoms with Gasteiger partial charge in [-0.15, -0.1) is 15.3 Å². The maximum Gasteiger partial charge on any atom is 0.272 e. The van der Waals surface area contributed by atoms with Crippen molar-refractivity contribution in [3.05, 3.63) is 23.8 Å². The van der Waals surface area contributed by atoms with Crippen LogP contribution in [-0.4, -0.2) is 61.1 Å². The minimum Gasteiger partial charge on any atom is -0.378 e. The van der Waals surface area contributed by atoms with Gasteiger partial charge in [-0.1, -0.05) is 6.92 Å². The molecule has 9 heteroatoms. The van der Waals surface area contributed by atoms with Crippen molar-refractivity contribution >= 4 is 11.7 Å². The molecule has 0 radical (unpaired) electrons. The summed E-state index contributed by atoms with van der Waals surface area (Å²) >= 11 is 0. The molecule has 0 unspecified atom stereocenters. The van der Waals surface area contributed by atoms with Crippen LogP contribution in [0.3, 0.4) is 0 Å². The summed E-state index contributed by atoms with van der Waals surface area (Å²) in [4.78, 5) is 15.5. The maximum absolute atomic E-state index is 5.38. The molecule has 0 aliphatic carbocycles. The lowest BCUT2D eigenvalue weighted by atomic mass is 10.2. The summed E-state index contributed by atoms with van der Waals surface area (Å²) in [7, 11) is 0. The Morgan fingerprint density at radius 3 is 2.79 bits per heavy atom. The zero-order chi connectivity index (χ0) is 16.5. The number of morpholine rings is 1. The van der Waals surface area contributed by atoms with Crippen molar-refractivity contribution in [1.29, 1.82) is 0 Å². The number of anilines is 1. The summed E-state index contributed by atoms with van der Waals surface area (Å²) in [6.07, 6.45) is 2.50. The van der Waals surface area contributed by atoms with E-state index >= 15 is 0 Å². The van der Waals surface area contributed by atoms with E-state index in [1.807, 2.05) is 19.9 Å². The molecule has 0 spiro atoms. The van der Waals surface area contributed by atoms with Gasteiger partial charge in [0, 0.05) is 25.7 Å². The molecule has 1 saturated heterocycles. The third kappa shape index (κ3) is 2.56. The fourth-order valence-corrected chi connectivity index (χ4v) is 2.68. The number of ether oxygens (including phenoxy) is 1. The summed E-state index contributed by atoms with van der Waals surface area (Å²) in [6.45, 7) is 6.92. The van der Waals surface area contributed by atoms with Crippen molar-refractivity contribution < 1.29 is 4.74 Å². The first-order valence-electron chi connectivity index (χ1n) is 8.01. The number of hydrogen-bond donors (Lipinski definition) is 0. The van der Waals surface area contributed by atoms with Gasteiger partial charge in [-0.2, -0.15) is 9.50 Å². The minimum atomic E-state index is 0.510. The zero-order valence-electron chi connectivity index (χ0n) is 13.7. The Labute approximate surface area is 138 Å². The van der Waals surface area contributed by atoms with E-state index in [1.54, 1.807) is 10.7 Å². The molecule has 9 nitrogen and oxygen atoms in total. The number of rotatable bonds is 3. The van der Waals surface area contributed by atoms with Crippen LogP contribution >= 0.6 is 0 Å². The molecule has 1 aliphatic heterocycles. The third-order valence-corrected chi connectivity index (χ3v) is 4.03. The second-order valence-corrected chi connectivity index (χ2v) is 5.57. The van der Waals surface area contributed by atoms with Crippen LogP contribution in [0.15, 0.2) is 12.3 Å². The van der Waals surface area contributed by atoms with Gasteiger partial charge in [0.25, 0.3) is 5.78 Å². The molecule has 0 saturated carbocycles. The molecule has 4 rings (SSSR count). The van der Waals surface area contributed by atoms with Crippen molar-refractivity contribution in [3.63, 3.8) is 0 Å². The van der Waals surface area contributed by atoms with Crippen LogP contribution in [0.2, 0.25) is 0 Å². The standard InChI is InChI=1S/C15H18N8O/c1-3-12-18-15-20-19-13(10(2)23(15)21-12)11-4-5-16-14(17-11)22-6-8-24-9-7-22/h4-5H,3,6-9H2,1-2H3. The quantitative estimate of drug-likeness (QED) is 0.693. The monoisotopic (exact) mass is 326 g/mol. The molecule has 0 aromatic carbocycles. The van der Waals surface area contributed by atoms with Gasteiger partial charge in [-0.05, 0) is 13.0 Å². The molecule has 0 N–H and O–H groups in total. The summed E-state index contributed by atoms with van der Waals surface area (Å²) in [5.74, 6) is 1.95. The number of nitrogens with zero attached hydrogens (tertiary/aromatic N) is 8. The van der Waals surface area contributed by atoms with Crippen LogP contribution in [0, 0.1) is 6.92 Å². The molecule has 3 aromatic rings. The van der Waals surface area contributed by atoms with Gasteiger partial charge in [0.05, 0.1) is 24.6 Å². The molecule has 1 fully saturated rings. The van der Waals surface area contributed by atoms with Gasteiger partial charge in [0.2, 0.25) is 5.95 Å². The van der Waals surface area contributed by atoms with Crippen molar-refractivity contribution in [2.75, 3.05) is 31.2 Å². The summed E-state index contributed by atoms with van der Waals surface area (Å²) < 4.78 is 7.10. The van der Waals surface area contributed by atoms with Gasteiger partial charge >= 0.3 is 0 Å². The number of aromatic nitrogens is 7. The van der Waals surface area contributed by atoms with Gasteiger partial charge < -0.3 is 9.64 Å². The average molecular weight is 326 g/mol. The predicted octanol–water partition coefficient (Wildman–Crippen LogP) is 0.684. The second-order valence-electron chi connectivity index (χ2n) is 5.57. The van der Waals surface area contributed by atoms with Crippen LogP contribution in [-0.2, 0) is 11.2 Å². The lowest BCUT2D eigenvalue weighted by Gasteiger charge is -2.26. The first kappa shape index (κ1) is 14.9. The van der Waals surface area contributed by atoms with Gasteiger partial charge in [0.15, 0.2) is 5.82 Å². The fourth-order valence-electron chi connectivity index (χ4n) is 2.68. The minimum absolute atomic E-state index is 0.510. The highest BCUT2D eigenvalue weighted by molar-refractivity contribution is 5.58. The number of aryl methyl sites for hydroxylation is 2. The Morgan fingerprint density at radius 1 is 1.17 bits per heavy atom. The van der Waals surface area contributed by atoms with Gasteiger partial charge in [0.1, 0.15) is 5.69 Å². The number of hydrogen-bond acceptors (Lipinski definition) is 8. The van der Waals surface area contributed by atoms with Crippen molar-refractivity contribution in [2.24, 2.45) is 0 Å². The lowest BCUT2D eigenvalue weighted by molar-refractivity contribution is 0.122. The van der Waals surface area contributed by atoms with Crippen LogP contribution in [0.5, 0.6) is 0 Å². The van der Waals surface area contributed by atoms with E-state index < -0.39 is 0 Å². The normalized spacial score (nSPS) is 15.2. The highest BCUT2D eigenvalue weighted by atomic mass is 16.5. The van der Waals surface area contributed by atoms with Crippen molar-refractivity contribution in [1.82, 2.24) is 34.8 Å².